The van der Waals surface area contributed by atoms with Crippen molar-refractivity contribution in [1.82, 2.24) is 0 Å². The lowest BCUT2D eigenvalue weighted by Gasteiger charge is -2.10. The first-order valence-corrected chi connectivity index (χ1v) is 6.49. The minimum atomic E-state index is -0.0477. The summed E-state index contributed by atoms with van der Waals surface area (Å²) in [4.78, 5) is 0. The van der Waals surface area contributed by atoms with Crippen LogP contribution in [0.3, 0.4) is 0 Å². The first-order valence-electron chi connectivity index (χ1n) is 5.30. The molecule has 0 N–H and O–H groups in total. The molecule has 0 aliphatic heterocycles. The first kappa shape index (κ1) is 12.8. The highest BCUT2D eigenvalue weighted by molar-refractivity contribution is 6.42. The van der Waals surface area contributed by atoms with Crippen LogP contribution in [0.4, 0.5) is 0 Å². The second-order valence-corrected chi connectivity index (χ2v) is 5.17. The predicted molar refractivity (Wildman–Crippen MR) is 75.2 cm³/mol. The Hall–Kier alpha value is -0.690. The molecule has 1 atom stereocenters. The summed E-state index contributed by atoms with van der Waals surface area (Å²) in [6, 6.07) is 15.6. The van der Waals surface area contributed by atoms with Crippen LogP contribution in [-0.4, -0.2) is 0 Å². The number of alkyl halides is 1. The van der Waals surface area contributed by atoms with Gasteiger partial charge in [0.15, 0.2) is 0 Å². The minimum absolute atomic E-state index is 0.0477. The summed E-state index contributed by atoms with van der Waals surface area (Å²) in [5.74, 6) is 0. The molecule has 2 aromatic carbocycles. The lowest BCUT2D eigenvalue weighted by atomic mass is 10.0. The summed E-state index contributed by atoms with van der Waals surface area (Å²) >= 11 is 18.2. The third-order valence-corrected chi connectivity index (χ3v) is 3.71. The van der Waals surface area contributed by atoms with Gasteiger partial charge in [-0.3, -0.25) is 0 Å². The number of benzene rings is 2. The van der Waals surface area contributed by atoms with E-state index < -0.39 is 0 Å². The van der Waals surface area contributed by atoms with Gasteiger partial charge in [-0.15, -0.1) is 11.6 Å². The maximum Gasteiger partial charge on any atom is 0.0625 e. The molecule has 0 aromatic heterocycles. The van der Waals surface area contributed by atoms with Crippen molar-refractivity contribution in [3.8, 4) is 0 Å². The van der Waals surface area contributed by atoms with Crippen molar-refractivity contribution >= 4 is 34.8 Å². The summed E-state index contributed by atoms with van der Waals surface area (Å²) in [6.45, 7) is 0. The standard InChI is InChI=1S/C14H11Cl3/c15-12-7-6-10(9-14(12)17)8-13(16)11-4-2-1-3-5-11/h1-7,9,13H,8H2. The molecule has 0 saturated carbocycles. The number of hydrogen-bond acceptors (Lipinski definition) is 0. The second-order valence-electron chi connectivity index (χ2n) is 3.83. The Balaban J connectivity index is 2.13. The third kappa shape index (κ3) is 3.38. The third-order valence-electron chi connectivity index (χ3n) is 2.56. The lowest BCUT2D eigenvalue weighted by Crippen LogP contribution is -1.95. The Morgan fingerprint density at radius 3 is 2.24 bits per heavy atom. The van der Waals surface area contributed by atoms with E-state index in [0.29, 0.717) is 10.0 Å². The quantitative estimate of drug-likeness (QED) is 0.652. The molecule has 2 aromatic rings. The largest absolute Gasteiger partial charge is 0.117 e. The van der Waals surface area contributed by atoms with Crippen LogP contribution in [0.15, 0.2) is 48.5 Å². The van der Waals surface area contributed by atoms with Gasteiger partial charge in [0.05, 0.1) is 15.4 Å². The second kappa shape index (κ2) is 5.77. The van der Waals surface area contributed by atoms with Crippen LogP contribution in [0, 0.1) is 0 Å². The van der Waals surface area contributed by atoms with Crippen molar-refractivity contribution in [3.05, 3.63) is 69.7 Å². The van der Waals surface area contributed by atoms with Gasteiger partial charge >= 0.3 is 0 Å². The van der Waals surface area contributed by atoms with Crippen LogP contribution in [0.25, 0.3) is 0 Å². The number of halogens is 3. The van der Waals surface area contributed by atoms with Gasteiger partial charge in [-0.2, -0.15) is 0 Å². The van der Waals surface area contributed by atoms with Gasteiger partial charge < -0.3 is 0 Å². The average molecular weight is 286 g/mol. The zero-order valence-electron chi connectivity index (χ0n) is 9.04. The molecular formula is C14H11Cl3. The molecule has 0 heterocycles. The van der Waals surface area contributed by atoms with E-state index >= 15 is 0 Å². The molecule has 0 amide bonds. The Kier molecular flexibility index (Phi) is 4.33. The van der Waals surface area contributed by atoms with E-state index in [1.165, 1.54) is 0 Å². The highest BCUT2D eigenvalue weighted by atomic mass is 35.5. The van der Waals surface area contributed by atoms with Gasteiger partial charge in [-0.25, -0.2) is 0 Å². The Bertz CT molecular complexity index is 494. The molecule has 0 nitrogen and oxygen atoms in total. The highest BCUT2D eigenvalue weighted by Crippen LogP contribution is 2.28. The van der Waals surface area contributed by atoms with E-state index in [4.69, 9.17) is 34.8 Å². The highest BCUT2D eigenvalue weighted by Gasteiger charge is 2.09. The van der Waals surface area contributed by atoms with Gasteiger partial charge in [0.1, 0.15) is 0 Å². The topological polar surface area (TPSA) is 0 Å². The molecule has 3 heteroatoms. The molecule has 2 rings (SSSR count). The molecule has 1 unspecified atom stereocenters. The van der Waals surface area contributed by atoms with Crippen LogP contribution >= 0.6 is 34.8 Å². The Morgan fingerprint density at radius 1 is 0.882 bits per heavy atom. The summed E-state index contributed by atoms with van der Waals surface area (Å²) in [5.41, 5.74) is 2.20. The van der Waals surface area contributed by atoms with Crippen LogP contribution in [0.2, 0.25) is 10.0 Å². The smallest absolute Gasteiger partial charge is 0.0625 e. The molecule has 17 heavy (non-hydrogen) atoms. The predicted octanol–water partition coefficient (Wildman–Crippen LogP) is 5.52. The van der Waals surface area contributed by atoms with Gasteiger partial charge in [0.25, 0.3) is 0 Å². The zero-order chi connectivity index (χ0) is 12.3. The van der Waals surface area contributed by atoms with Crippen LogP contribution in [-0.2, 0) is 6.42 Å². The molecule has 88 valence electrons. The van der Waals surface area contributed by atoms with E-state index in [1.54, 1.807) is 6.07 Å². The monoisotopic (exact) mass is 284 g/mol. The maximum absolute atomic E-state index is 6.36. The molecule has 0 bridgehead atoms. The van der Waals surface area contributed by atoms with Crippen molar-refractivity contribution in [1.29, 1.82) is 0 Å². The van der Waals surface area contributed by atoms with Crippen molar-refractivity contribution in [3.63, 3.8) is 0 Å². The molecule has 0 aliphatic rings. The summed E-state index contributed by atoms with van der Waals surface area (Å²) in [7, 11) is 0. The fourth-order valence-electron chi connectivity index (χ4n) is 1.65. The maximum atomic E-state index is 6.36. The summed E-state index contributed by atoms with van der Waals surface area (Å²) in [6.07, 6.45) is 0.739. The van der Waals surface area contributed by atoms with Crippen LogP contribution < -0.4 is 0 Å². The fraction of sp³-hybridized carbons (Fsp3) is 0.143. The van der Waals surface area contributed by atoms with E-state index in [0.717, 1.165) is 17.5 Å². The van der Waals surface area contributed by atoms with Crippen molar-refractivity contribution in [2.24, 2.45) is 0 Å². The summed E-state index contributed by atoms with van der Waals surface area (Å²) < 4.78 is 0. The van der Waals surface area contributed by atoms with Gasteiger partial charge in [-0.1, -0.05) is 59.6 Å². The molecule has 0 radical (unpaired) electrons. The summed E-state index contributed by atoms with van der Waals surface area (Å²) in [5, 5.41) is 1.09. The van der Waals surface area contributed by atoms with E-state index in [9.17, 15) is 0 Å². The van der Waals surface area contributed by atoms with Crippen molar-refractivity contribution < 1.29 is 0 Å². The minimum Gasteiger partial charge on any atom is -0.117 e. The Labute approximate surface area is 116 Å². The molecule has 0 aliphatic carbocycles. The number of rotatable bonds is 3. The van der Waals surface area contributed by atoms with E-state index in [-0.39, 0.29) is 5.38 Å². The number of hydrogen-bond donors (Lipinski definition) is 0. The molecular weight excluding hydrogens is 275 g/mol. The molecule has 0 fully saturated rings. The van der Waals surface area contributed by atoms with Crippen LogP contribution in [0.1, 0.15) is 16.5 Å². The van der Waals surface area contributed by atoms with Gasteiger partial charge in [0, 0.05) is 0 Å². The fourth-order valence-corrected chi connectivity index (χ4v) is 2.30. The Morgan fingerprint density at radius 2 is 1.59 bits per heavy atom. The normalized spacial score (nSPS) is 12.4. The first-order chi connectivity index (χ1) is 8.16. The van der Waals surface area contributed by atoms with E-state index in [1.807, 2.05) is 42.5 Å². The van der Waals surface area contributed by atoms with Gasteiger partial charge in [-0.05, 0) is 29.7 Å². The zero-order valence-corrected chi connectivity index (χ0v) is 11.3. The SMILES string of the molecule is Clc1ccc(CC(Cl)c2ccccc2)cc1Cl. The van der Waals surface area contributed by atoms with E-state index in [2.05, 4.69) is 0 Å². The van der Waals surface area contributed by atoms with Gasteiger partial charge in [0.2, 0.25) is 0 Å². The van der Waals surface area contributed by atoms with Crippen molar-refractivity contribution in [2.45, 2.75) is 11.8 Å². The molecule has 0 spiro atoms. The molecule has 0 saturated heterocycles. The van der Waals surface area contributed by atoms with Crippen molar-refractivity contribution in [2.75, 3.05) is 0 Å². The average Bonchev–Trinajstić information content (AvgIpc) is 2.35. The lowest BCUT2D eigenvalue weighted by molar-refractivity contribution is 0.920. The van der Waals surface area contributed by atoms with Crippen LogP contribution in [0.5, 0.6) is 0 Å².